The Hall–Kier alpha value is -3.20. The number of carbonyl (C=O) groups is 2. The zero-order chi connectivity index (χ0) is 28.0. The highest BCUT2D eigenvalue weighted by Crippen LogP contribution is 2.42. The molecule has 3 heterocycles. The van der Waals surface area contributed by atoms with E-state index in [1.165, 1.54) is 26.8 Å². The highest BCUT2D eigenvalue weighted by atomic mass is 32.2. The van der Waals surface area contributed by atoms with Crippen LogP contribution in [0, 0.1) is 0 Å². The molecule has 0 saturated carbocycles. The van der Waals surface area contributed by atoms with Crippen molar-refractivity contribution in [2.75, 3.05) is 16.8 Å². The molecule has 1 aliphatic heterocycles. The van der Waals surface area contributed by atoms with Crippen LogP contribution in [-0.2, 0) is 26.4 Å². The number of pyridine rings is 2. The summed E-state index contributed by atoms with van der Waals surface area (Å²) in [4.78, 5) is 34.4. The highest BCUT2D eigenvalue weighted by molar-refractivity contribution is 7.89. The number of carbonyl (C=O) groups excluding carboxylic acids is 2. The second kappa shape index (κ2) is 9.59. The molecule has 0 spiro atoms. The summed E-state index contributed by atoms with van der Waals surface area (Å²) < 4.78 is 93.3. The number of rotatable bonds is 4. The Morgan fingerprint density at radius 2 is 1.81 bits per heavy atom. The van der Waals surface area contributed by atoms with Crippen molar-refractivity contribution in [3.8, 4) is 0 Å². The monoisotopic (exact) mass is 549 g/mol. The minimum Gasteiger partial charge on any atom is -0.322 e. The van der Waals surface area contributed by atoms with Crippen LogP contribution >= 0.6 is 0 Å². The van der Waals surface area contributed by atoms with Crippen LogP contribution in [0.5, 0.6) is 0 Å². The Labute approximate surface area is 209 Å². The van der Waals surface area contributed by atoms with Gasteiger partial charge in [-0.25, -0.2) is 32.3 Å². The molecule has 3 N–H and O–H groups in total. The van der Waals surface area contributed by atoms with Crippen LogP contribution in [0.15, 0.2) is 29.6 Å². The first-order valence-electron chi connectivity index (χ1n) is 10.9. The lowest BCUT2D eigenvalue weighted by Gasteiger charge is -2.30. The first-order valence-corrected chi connectivity index (χ1v) is 12.4. The van der Waals surface area contributed by atoms with E-state index in [-0.39, 0.29) is 5.69 Å². The minimum absolute atomic E-state index is 0.180. The molecule has 0 bridgehead atoms. The molecule has 3 rings (SSSR count). The Morgan fingerprint density at radius 3 is 2.38 bits per heavy atom. The number of sulfonamides is 1. The van der Waals surface area contributed by atoms with Crippen molar-refractivity contribution in [3.05, 3.63) is 41.2 Å². The number of alkyl halides is 5. The molecule has 9 nitrogen and oxygen atoms in total. The SMILES string of the molecule is CC(C)(C)c1c(C(F)(F)F)cnc(N2CCC(F)(F)CCC2=O)c1C(=O)Nc1ccnc(S(N)(=O)=O)c1. The molecule has 1 fully saturated rings. The summed E-state index contributed by atoms with van der Waals surface area (Å²) in [6, 6.07) is 2.06. The van der Waals surface area contributed by atoms with Crippen LogP contribution < -0.4 is 15.4 Å². The van der Waals surface area contributed by atoms with Crippen molar-refractivity contribution in [3.63, 3.8) is 0 Å². The highest BCUT2D eigenvalue weighted by Gasteiger charge is 2.43. The molecule has 0 aliphatic carbocycles. The van der Waals surface area contributed by atoms with Gasteiger partial charge in [0.1, 0.15) is 5.82 Å². The average Bonchev–Trinajstić information content (AvgIpc) is 2.88. The number of primary sulfonamides is 1. The third kappa shape index (κ3) is 6.39. The summed E-state index contributed by atoms with van der Waals surface area (Å²) in [6.07, 6.45) is -5.63. The molecule has 2 aromatic rings. The first-order chi connectivity index (χ1) is 16.8. The van der Waals surface area contributed by atoms with Crippen molar-refractivity contribution >= 4 is 33.3 Å². The summed E-state index contributed by atoms with van der Waals surface area (Å²) in [7, 11) is -4.28. The maximum absolute atomic E-state index is 14.0. The number of halogens is 5. The molecule has 1 aliphatic rings. The van der Waals surface area contributed by atoms with E-state index in [1.54, 1.807) is 0 Å². The average molecular weight is 550 g/mol. The van der Waals surface area contributed by atoms with E-state index in [4.69, 9.17) is 5.14 Å². The van der Waals surface area contributed by atoms with E-state index in [0.29, 0.717) is 6.20 Å². The van der Waals surface area contributed by atoms with Crippen molar-refractivity contribution in [2.24, 2.45) is 5.14 Å². The van der Waals surface area contributed by atoms with Crippen LogP contribution in [0.4, 0.5) is 33.5 Å². The van der Waals surface area contributed by atoms with Crippen LogP contribution in [0.3, 0.4) is 0 Å². The van der Waals surface area contributed by atoms with E-state index < -0.39 is 92.7 Å². The largest absolute Gasteiger partial charge is 0.418 e. The van der Waals surface area contributed by atoms with E-state index in [1.807, 2.05) is 0 Å². The molecule has 37 heavy (non-hydrogen) atoms. The quantitative estimate of drug-likeness (QED) is 0.557. The van der Waals surface area contributed by atoms with E-state index in [0.717, 1.165) is 17.2 Å². The molecule has 1 saturated heterocycles. The zero-order valence-electron chi connectivity index (χ0n) is 20.0. The molecule has 2 amide bonds. The Kier molecular flexibility index (Phi) is 7.36. The molecule has 0 radical (unpaired) electrons. The van der Waals surface area contributed by atoms with Gasteiger partial charge in [-0.1, -0.05) is 20.8 Å². The first kappa shape index (κ1) is 28.4. The number of aromatic nitrogens is 2. The molecular formula is C22H24F5N5O4S. The lowest BCUT2D eigenvalue weighted by Crippen LogP contribution is -2.36. The number of hydrogen-bond acceptors (Lipinski definition) is 6. The van der Waals surface area contributed by atoms with Crippen LogP contribution in [0.2, 0.25) is 0 Å². The summed E-state index contributed by atoms with van der Waals surface area (Å²) in [5, 5.41) is 6.73. The van der Waals surface area contributed by atoms with Gasteiger partial charge in [0.05, 0.1) is 11.1 Å². The lowest BCUT2D eigenvalue weighted by molar-refractivity contribution is -0.138. The predicted octanol–water partition coefficient (Wildman–Crippen LogP) is 3.84. The fraction of sp³-hybridized carbons (Fsp3) is 0.455. The maximum atomic E-state index is 14.0. The van der Waals surface area contributed by atoms with Gasteiger partial charge in [0, 0.05) is 50.0 Å². The van der Waals surface area contributed by atoms with Gasteiger partial charge in [-0.2, -0.15) is 13.2 Å². The van der Waals surface area contributed by atoms with Crippen LogP contribution in [0.1, 0.15) is 61.5 Å². The normalized spacial score (nSPS) is 16.9. The van der Waals surface area contributed by atoms with Crippen molar-refractivity contribution in [2.45, 2.75) is 62.6 Å². The molecule has 0 unspecified atom stereocenters. The van der Waals surface area contributed by atoms with Gasteiger partial charge in [-0.15, -0.1) is 0 Å². The number of nitrogens with zero attached hydrogens (tertiary/aromatic N) is 3. The molecule has 15 heteroatoms. The number of amides is 2. The molecule has 0 atom stereocenters. The number of anilines is 2. The summed E-state index contributed by atoms with van der Waals surface area (Å²) in [5.41, 5.74) is -3.94. The van der Waals surface area contributed by atoms with Crippen molar-refractivity contribution in [1.82, 2.24) is 9.97 Å². The van der Waals surface area contributed by atoms with E-state index in [9.17, 15) is 40.0 Å². The Bertz CT molecular complexity index is 1340. The standard InChI is InChI=1S/C22H24F5N5O4S/c1-20(2,3)17-13(22(25,26)27)11-30-18(32-9-7-21(23,24)6-4-15(32)33)16(17)19(34)31-12-5-8-29-14(10-12)37(28,35)36/h5,8,10-11H,4,6-7,9H2,1-3H3,(H2,28,35,36)(H,29,31,34). The minimum atomic E-state index is -4.95. The van der Waals surface area contributed by atoms with Gasteiger partial charge in [0.2, 0.25) is 11.8 Å². The maximum Gasteiger partial charge on any atom is 0.418 e. The molecule has 202 valence electrons. The Balaban J connectivity index is 2.25. The fourth-order valence-corrected chi connectivity index (χ4v) is 4.42. The Morgan fingerprint density at radius 1 is 1.16 bits per heavy atom. The lowest BCUT2D eigenvalue weighted by atomic mass is 9.80. The van der Waals surface area contributed by atoms with Gasteiger partial charge in [0.25, 0.3) is 15.9 Å². The van der Waals surface area contributed by atoms with Gasteiger partial charge >= 0.3 is 6.18 Å². The van der Waals surface area contributed by atoms with Crippen LogP contribution in [0.25, 0.3) is 0 Å². The van der Waals surface area contributed by atoms with Gasteiger partial charge < -0.3 is 5.32 Å². The molecular weight excluding hydrogens is 525 g/mol. The van der Waals surface area contributed by atoms with Gasteiger partial charge in [-0.05, 0) is 17.0 Å². The predicted molar refractivity (Wildman–Crippen MR) is 123 cm³/mol. The summed E-state index contributed by atoms with van der Waals surface area (Å²) >= 11 is 0. The second-order valence-corrected chi connectivity index (χ2v) is 11.0. The fourth-order valence-electron chi connectivity index (χ4n) is 3.93. The van der Waals surface area contributed by atoms with Gasteiger partial charge in [-0.3, -0.25) is 14.5 Å². The van der Waals surface area contributed by atoms with Crippen molar-refractivity contribution < 1.29 is 40.0 Å². The third-order valence-electron chi connectivity index (χ3n) is 5.59. The smallest absolute Gasteiger partial charge is 0.322 e. The molecule has 2 aromatic heterocycles. The topological polar surface area (TPSA) is 135 Å². The second-order valence-electron chi connectivity index (χ2n) is 9.53. The number of hydrogen-bond donors (Lipinski definition) is 2. The number of nitrogens with two attached hydrogens (primary N) is 1. The summed E-state index contributed by atoms with van der Waals surface area (Å²) in [6.45, 7) is 3.63. The van der Waals surface area contributed by atoms with Gasteiger partial charge in [0.15, 0.2) is 5.03 Å². The molecule has 0 aromatic carbocycles. The van der Waals surface area contributed by atoms with Crippen LogP contribution in [-0.4, -0.2) is 42.7 Å². The third-order valence-corrected chi connectivity index (χ3v) is 6.39. The number of nitrogens with one attached hydrogen (secondary N) is 1. The zero-order valence-corrected chi connectivity index (χ0v) is 20.8. The van der Waals surface area contributed by atoms with E-state index in [2.05, 4.69) is 15.3 Å². The van der Waals surface area contributed by atoms with Crippen molar-refractivity contribution in [1.29, 1.82) is 0 Å². The van der Waals surface area contributed by atoms with E-state index >= 15 is 0 Å². The summed E-state index contributed by atoms with van der Waals surface area (Å²) in [5.74, 6) is -5.71.